The number of fused-ring (bicyclic) bond motifs is 1. The van der Waals surface area contributed by atoms with Gasteiger partial charge in [-0.1, -0.05) is 18.2 Å². The van der Waals surface area contributed by atoms with Gasteiger partial charge in [0.05, 0.1) is 22.0 Å². The number of aryl methyl sites for hydroxylation is 1. The highest BCUT2D eigenvalue weighted by Crippen LogP contribution is 2.37. The maximum absolute atomic E-state index is 11.7. The number of anilines is 1. The molecule has 4 aromatic carbocycles. The van der Waals surface area contributed by atoms with E-state index in [1.165, 1.54) is 48.5 Å². The van der Waals surface area contributed by atoms with E-state index < -0.39 is 25.1 Å². The van der Waals surface area contributed by atoms with Crippen LogP contribution >= 0.6 is 0 Å². The highest BCUT2D eigenvalue weighted by molar-refractivity contribution is 7.86. The van der Waals surface area contributed by atoms with Gasteiger partial charge in [0, 0.05) is 16.5 Å². The zero-order valence-electron chi connectivity index (χ0n) is 18.6. The van der Waals surface area contributed by atoms with Crippen molar-refractivity contribution >= 4 is 59.4 Å². The number of nitrogen functional groups attached to an aromatic ring is 1. The quantitative estimate of drug-likeness (QED) is 0.155. The fourth-order valence-corrected chi connectivity index (χ4v) is 4.53. The van der Waals surface area contributed by atoms with Crippen LogP contribution in [-0.4, -0.2) is 25.9 Å². The zero-order valence-corrected chi connectivity index (χ0v) is 20.3. The largest absolute Gasteiger partial charge is 0.399 e. The smallest absolute Gasteiger partial charge is 0.296 e. The third-order valence-corrected chi connectivity index (χ3v) is 6.89. The van der Waals surface area contributed by atoms with Crippen molar-refractivity contribution in [1.29, 1.82) is 0 Å². The van der Waals surface area contributed by atoms with Gasteiger partial charge in [-0.25, -0.2) is 0 Å². The van der Waals surface area contributed by atoms with Gasteiger partial charge < -0.3 is 5.73 Å². The second-order valence-electron chi connectivity index (χ2n) is 7.67. The van der Waals surface area contributed by atoms with E-state index >= 15 is 0 Å². The first-order chi connectivity index (χ1) is 16.9. The molecule has 0 radical (unpaired) electrons. The number of azo groups is 2. The summed E-state index contributed by atoms with van der Waals surface area (Å²) in [4.78, 5) is -0.825. The second-order valence-corrected chi connectivity index (χ2v) is 10.5. The molecule has 0 aliphatic carbocycles. The van der Waals surface area contributed by atoms with Crippen LogP contribution in [0.3, 0.4) is 0 Å². The van der Waals surface area contributed by atoms with Gasteiger partial charge in [-0.2, -0.15) is 21.9 Å². The van der Waals surface area contributed by atoms with Gasteiger partial charge >= 0.3 is 0 Å². The predicted molar refractivity (Wildman–Crippen MR) is 134 cm³/mol. The summed E-state index contributed by atoms with van der Waals surface area (Å²) in [7, 11) is -9.09. The van der Waals surface area contributed by atoms with Crippen LogP contribution in [0.25, 0.3) is 10.8 Å². The third-order valence-electron chi connectivity index (χ3n) is 5.13. The van der Waals surface area contributed by atoms with Crippen LogP contribution in [0.2, 0.25) is 0 Å². The van der Waals surface area contributed by atoms with E-state index in [0.29, 0.717) is 22.4 Å². The van der Waals surface area contributed by atoms with Crippen LogP contribution in [-0.2, 0) is 20.2 Å². The summed E-state index contributed by atoms with van der Waals surface area (Å²) in [5.41, 5.74) is 8.15. The average molecular weight is 526 g/mol. The highest BCUT2D eigenvalue weighted by atomic mass is 32.2. The van der Waals surface area contributed by atoms with Gasteiger partial charge in [0.1, 0.15) is 10.6 Å². The molecule has 0 aliphatic rings. The van der Waals surface area contributed by atoms with E-state index in [9.17, 15) is 25.9 Å². The van der Waals surface area contributed by atoms with Crippen molar-refractivity contribution in [2.24, 2.45) is 20.5 Å². The minimum atomic E-state index is -4.55. The molecule has 4 aromatic rings. The summed E-state index contributed by atoms with van der Waals surface area (Å²) in [5.74, 6) is 0. The lowest BCUT2D eigenvalue weighted by molar-refractivity contribution is 0.481. The Bertz CT molecular complexity index is 1770. The fraction of sp³-hybridized carbons (Fsp3) is 0.0435. The SMILES string of the molecule is Cc1cc(N)ccc1/N=N/c1ccc(/N=N/c2ccccc2S(=O)(=O)O)c2cc(S(=O)(=O)O)ccc12. The Labute approximate surface area is 206 Å². The van der Waals surface area contributed by atoms with Crippen molar-refractivity contribution in [3.63, 3.8) is 0 Å². The van der Waals surface area contributed by atoms with Gasteiger partial charge in [0.25, 0.3) is 20.2 Å². The Morgan fingerprint density at radius 2 is 1.22 bits per heavy atom. The molecule has 0 atom stereocenters. The molecule has 0 saturated heterocycles. The number of hydrogen-bond donors (Lipinski definition) is 3. The zero-order chi connectivity index (χ0) is 26.1. The number of benzene rings is 4. The Hall–Kier alpha value is -4.04. The number of nitrogens with zero attached hydrogens (tertiary/aromatic N) is 4. The topological polar surface area (TPSA) is 184 Å². The Balaban J connectivity index is 1.86. The van der Waals surface area contributed by atoms with Crippen LogP contribution < -0.4 is 5.73 Å². The van der Waals surface area contributed by atoms with Gasteiger partial charge in [-0.3, -0.25) is 9.11 Å². The van der Waals surface area contributed by atoms with Crippen LogP contribution in [0.5, 0.6) is 0 Å². The second kappa shape index (κ2) is 9.54. The fourth-order valence-electron chi connectivity index (χ4n) is 3.40. The molecule has 36 heavy (non-hydrogen) atoms. The molecule has 4 N–H and O–H groups in total. The Kier molecular flexibility index (Phi) is 6.65. The standard InChI is InChI=1S/C23H19N5O6S2/c1-14-12-15(24)6-9-19(14)25-26-20-10-11-21(18-13-16(35(29,30)31)7-8-17(18)20)27-28-22-4-2-3-5-23(22)36(32,33)34/h2-13H,24H2,1H3,(H,29,30,31)(H,32,33,34)/b26-25+,28-27+. The lowest BCUT2D eigenvalue weighted by Crippen LogP contribution is -1.97. The number of rotatable bonds is 6. The minimum absolute atomic E-state index is 0.123. The van der Waals surface area contributed by atoms with E-state index in [4.69, 9.17) is 5.73 Å². The minimum Gasteiger partial charge on any atom is -0.399 e. The Morgan fingerprint density at radius 1 is 0.639 bits per heavy atom. The van der Waals surface area contributed by atoms with Crippen molar-refractivity contribution in [2.75, 3.05) is 5.73 Å². The van der Waals surface area contributed by atoms with E-state index in [2.05, 4.69) is 20.5 Å². The van der Waals surface area contributed by atoms with Gasteiger partial charge in [-0.05, 0) is 67.1 Å². The number of hydrogen-bond acceptors (Lipinski definition) is 9. The normalized spacial score (nSPS) is 12.6. The summed E-state index contributed by atoms with van der Waals surface area (Å²) in [5, 5.41) is 17.2. The van der Waals surface area contributed by atoms with Gasteiger partial charge in [0.15, 0.2) is 0 Å². The monoisotopic (exact) mass is 525 g/mol. The lowest BCUT2D eigenvalue weighted by Gasteiger charge is -2.07. The molecule has 0 spiro atoms. The Morgan fingerprint density at radius 3 is 1.86 bits per heavy atom. The number of nitrogens with two attached hydrogens (primary N) is 1. The first kappa shape index (κ1) is 25.1. The molecule has 0 unspecified atom stereocenters. The maximum atomic E-state index is 11.7. The highest BCUT2D eigenvalue weighted by Gasteiger charge is 2.16. The van der Waals surface area contributed by atoms with Crippen LogP contribution in [0, 0.1) is 6.92 Å². The third kappa shape index (κ3) is 5.44. The molecule has 0 heterocycles. The van der Waals surface area contributed by atoms with Crippen molar-refractivity contribution in [3.8, 4) is 0 Å². The molecule has 0 amide bonds. The van der Waals surface area contributed by atoms with Gasteiger partial charge in [0.2, 0.25) is 0 Å². The first-order valence-electron chi connectivity index (χ1n) is 10.2. The summed E-state index contributed by atoms with van der Waals surface area (Å²) >= 11 is 0. The summed E-state index contributed by atoms with van der Waals surface area (Å²) in [6.07, 6.45) is 0. The van der Waals surface area contributed by atoms with E-state index in [-0.39, 0.29) is 21.7 Å². The summed E-state index contributed by atoms with van der Waals surface area (Å²) < 4.78 is 65.7. The van der Waals surface area contributed by atoms with E-state index in [1.54, 1.807) is 24.3 Å². The summed E-state index contributed by atoms with van der Waals surface area (Å²) in [6.45, 7) is 1.83. The summed E-state index contributed by atoms with van der Waals surface area (Å²) in [6, 6.07) is 17.5. The molecular weight excluding hydrogens is 506 g/mol. The molecule has 13 heteroatoms. The van der Waals surface area contributed by atoms with Crippen LogP contribution in [0.15, 0.2) is 103 Å². The maximum Gasteiger partial charge on any atom is 0.296 e. The van der Waals surface area contributed by atoms with Crippen molar-refractivity contribution in [3.05, 3.63) is 78.4 Å². The van der Waals surface area contributed by atoms with E-state index in [0.717, 1.165) is 5.56 Å². The molecule has 0 aromatic heterocycles. The lowest BCUT2D eigenvalue weighted by atomic mass is 10.1. The van der Waals surface area contributed by atoms with Crippen LogP contribution in [0.4, 0.5) is 28.4 Å². The van der Waals surface area contributed by atoms with Crippen molar-refractivity contribution in [2.45, 2.75) is 16.7 Å². The molecule has 0 bridgehead atoms. The molecular formula is C23H19N5O6S2. The first-order valence-corrected chi connectivity index (χ1v) is 13.1. The van der Waals surface area contributed by atoms with Crippen LogP contribution in [0.1, 0.15) is 5.56 Å². The molecule has 0 fully saturated rings. The average Bonchev–Trinajstić information content (AvgIpc) is 2.81. The molecule has 11 nitrogen and oxygen atoms in total. The molecule has 4 rings (SSSR count). The molecule has 184 valence electrons. The van der Waals surface area contributed by atoms with Crippen molar-refractivity contribution < 1.29 is 25.9 Å². The van der Waals surface area contributed by atoms with Gasteiger partial charge in [-0.15, -0.1) is 15.3 Å². The molecule has 0 saturated carbocycles. The molecule has 0 aliphatic heterocycles. The van der Waals surface area contributed by atoms with Crippen molar-refractivity contribution in [1.82, 2.24) is 0 Å². The predicted octanol–water partition coefficient (Wildman–Crippen LogP) is 6.05. The van der Waals surface area contributed by atoms with E-state index in [1.807, 2.05) is 6.92 Å².